The Morgan fingerprint density at radius 1 is 1.20 bits per heavy atom. The summed E-state index contributed by atoms with van der Waals surface area (Å²) >= 11 is 0. The summed E-state index contributed by atoms with van der Waals surface area (Å²) in [6, 6.07) is 11.6. The topological polar surface area (TPSA) is 112 Å². The van der Waals surface area contributed by atoms with Gasteiger partial charge in [0.1, 0.15) is 0 Å². The van der Waals surface area contributed by atoms with Crippen molar-refractivity contribution in [1.29, 1.82) is 0 Å². The number of rotatable bonds is 7. The van der Waals surface area contributed by atoms with Crippen molar-refractivity contribution in [2.24, 2.45) is 5.10 Å². The maximum atomic E-state index is 12.5. The van der Waals surface area contributed by atoms with Crippen molar-refractivity contribution in [3.63, 3.8) is 0 Å². The number of aromatic nitrogens is 2. The summed E-state index contributed by atoms with van der Waals surface area (Å²) < 4.78 is 16.6. The highest BCUT2D eigenvalue weighted by Crippen LogP contribution is 2.29. The predicted octanol–water partition coefficient (Wildman–Crippen LogP) is 1.91. The van der Waals surface area contributed by atoms with Crippen molar-refractivity contribution >= 4 is 23.1 Å². The third kappa shape index (κ3) is 4.40. The molecule has 0 spiro atoms. The minimum Gasteiger partial charge on any atom is -0.490 e. The van der Waals surface area contributed by atoms with Crippen LogP contribution >= 0.6 is 0 Å². The second-order valence-corrected chi connectivity index (χ2v) is 6.26. The Balaban J connectivity index is 1.93. The van der Waals surface area contributed by atoms with Gasteiger partial charge < -0.3 is 19.2 Å². The van der Waals surface area contributed by atoms with E-state index in [1.807, 2.05) is 6.92 Å². The first-order valence-electron chi connectivity index (χ1n) is 9.24. The van der Waals surface area contributed by atoms with Crippen LogP contribution in [0, 0.1) is 0 Å². The molecule has 0 unspecified atom stereocenters. The molecule has 3 rings (SSSR count). The van der Waals surface area contributed by atoms with Crippen molar-refractivity contribution in [3.8, 4) is 11.5 Å². The number of aromatic amines is 1. The first-order chi connectivity index (χ1) is 14.4. The van der Waals surface area contributed by atoms with Crippen molar-refractivity contribution in [1.82, 2.24) is 9.66 Å². The van der Waals surface area contributed by atoms with E-state index in [1.54, 1.807) is 49.4 Å². The zero-order valence-corrected chi connectivity index (χ0v) is 16.7. The van der Waals surface area contributed by atoms with E-state index in [2.05, 4.69) is 14.8 Å². The molecule has 0 radical (unpaired) electrons. The molecule has 9 heteroatoms. The highest BCUT2D eigenvalue weighted by atomic mass is 16.6. The molecule has 0 aliphatic heterocycles. The fourth-order valence-corrected chi connectivity index (χ4v) is 2.76. The van der Waals surface area contributed by atoms with Crippen molar-refractivity contribution in [3.05, 3.63) is 68.9 Å². The van der Waals surface area contributed by atoms with Gasteiger partial charge in [-0.05, 0) is 49.7 Å². The molecule has 3 aromatic rings. The van der Waals surface area contributed by atoms with E-state index in [1.165, 1.54) is 13.3 Å². The van der Waals surface area contributed by atoms with Gasteiger partial charge in [-0.25, -0.2) is 9.59 Å². The normalized spacial score (nSPS) is 12.1. The van der Waals surface area contributed by atoms with E-state index in [9.17, 15) is 14.4 Å². The number of esters is 1. The van der Waals surface area contributed by atoms with E-state index in [0.717, 1.165) is 4.68 Å². The lowest BCUT2D eigenvalue weighted by molar-refractivity contribution is -0.147. The number of carbonyl (C=O) groups is 1. The van der Waals surface area contributed by atoms with Gasteiger partial charge in [-0.15, -0.1) is 4.68 Å². The van der Waals surface area contributed by atoms with E-state index in [4.69, 9.17) is 9.47 Å². The van der Waals surface area contributed by atoms with Gasteiger partial charge in [-0.2, -0.15) is 5.10 Å². The lowest BCUT2D eigenvalue weighted by Gasteiger charge is -2.16. The smallest absolute Gasteiger partial charge is 0.349 e. The fourth-order valence-electron chi connectivity index (χ4n) is 2.76. The number of H-pyrrole nitrogens is 1. The standard InChI is InChI=1S/C21H21N3O6/c1-4-29-18-11-14(9-10-17(18)30-13(2)20(26)28-3)12-22-24-19(25)15-7-5-6-8-16(15)23-21(24)27/h5-13H,4H2,1-3H3,(H,23,27)/t13-/m0/s1. The zero-order chi connectivity index (χ0) is 21.7. The number of fused-ring (bicyclic) bond motifs is 1. The molecule has 156 valence electrons. The number of nitrogens with zero attached hydrogens (tertiary/aromatic N) is 2. The second-order valence-electron chi connectivity index (χ2n) is 6.26. The summed E-state index contributed by atoms with van der Waals surface area (Å²) in [5.74, 6) is 0.225. The lowest BCUT2D eigenvalue weighted by atomic mass is 10.2. The molecule has 30 heavy (non-hydrogen) atoms. The van der Waals surface area contributed by atoms with E-state index in [-0.39, 0.29) is 0 Å². The van der Waals surface area contributed by atoms with Gasteiger partial charge >= 0.3 is 11.7 Å². The number of ether oxygens (including phenoxy) is 3. The molecule has 1 N–H and O–H groups in total. The highest BCUT2D eigenvalue weighted by Gasteiger charge is 2.17. The van der Waals surface area contributed by atoms with Crippen LogP contribution < -0.4 is 20.7 Å². The van der Waals surface area contributed by atoms with Crippen LogP contribution in [0.3, 0.4) is 0 Å². The molecule has 9 nitrogen and oxygen atoms in total. The Bertz CT molecular complexity index is 1210. The number of hydrogen-bond acceptors (Lipinski definition) is 7. The third-order valence-electron chi connectivity index (χ3n) is 4.21. The van der Waals surface area contributed by atoms with Crippen LogP contribution in [0.4, 0.5) is 0 Å². The lowest BCUT2D eigenvalue weighted by Crippen LogP contribution is -2.32. The first-order valence-corrected chi connectivity index (χ1v) is 9.24. The maximum absolute atomic E-state index is 12.5. The highest BCUT2D eigenvalue weighted by molar-refractivity contribution is 5.81. The Labute approximate surface area is 171 Å². The minimum atomic E-state index is -0.816. The summed E-state index contributed by atoms with van der Waals surface area (Å²) in [6.07, 6.45) is 0.546. The number of carbonyl (C=O) groups excluding carboxylic acids is 1. The molecular weight excluding hydrogens is 390 g/mol. The molecule has 1 aromatic heterocycles. The number of para-hydroxylation sites is 1. The Hall–Kier alpha value is -3.88. The number of nitrogens with one attached hydrogen (secondary N) is 1. The average Bonchev–Trinajstić information content (AvgIpc) is 2.74. The van der Waals surface area contributed by atoms with Crippen molar-refractivity contribution in [2.45, 2.75) is 20.0 Å². The van der Waals surface area contributed by atoms with Crippen LogP contribution in [0.2, 0.25) is 0 Å². The summed E-state index contributed by atoms with van der Waals surface area (Å²) in [6.45, 7) is 3.74. The fraction of sp³-hybridized carbons (Fsp3) is 0.238. The van der Waals surface area contributed by atoms with Crippen LogP contribution in [0.1, 0.15) is 19.4 Å². The molecule has 1 atom stereocenters. The SMILES string of the molecule is CCOc1cc(C=Nn2c(=O)[nH]c3ccccc3c2=O)ccc1O[C@@H](C)C(=O)OC. The van der Waals surface area contributed by atoms with Crippen LogP contribution in [-0.2, 0) is 9.53 Å². The quantitative estimate of drug-likeness (QED) is 0.470. The zero-order valence-electron chi connectivity index (χ0n) is 16.7. The third-order valence-corrected chi connectivity index (χ3v) is 4.21. The van der Waals surface area contributed by atoms with Gasteiger partial charge in [0.25, 0.3) is 5.56 Å². The van der Waals surface area contributed by atoms with Crippen molar-refractivity contribution in [2.75, 3.05) is 13.7 Å². The Morgan fingerprint density at radius 2 is 1.97 bits per heavy atom. The van der Waals surface area contributed by atoms with Crippen molar-refractivity contribution < 1.29 is 19.0 Å². The van der Waals surface area contributed by atoms with Crippen LogP contribution in [0.25, 0.3) is 10.9 Å². The number of benzene rings is 2. The first kappa shape index (κ1) is 20.8. The maximum Gasteiger partial charge on any atom is 0.349 e. The van der Waals surface area contributed by atoms with Gasteiger partial charge in [-0.3, -0.25) is 4.79 Å². The summed E-state index contributed by atoms with van der Waals surface area (Å²) in [4.78, 5) is 39.0. The van der Waals surface area contributed by atoms with Gasteiger partial charge in [0.05, 0.1) is 30.8 Å². The molecule has 1 heterocycles. The summed E-state index contributed by atoms with van der Waals surface area (Å²) in [7, 11) is 1.28. The summed E-state index contributed by atoms with van der Waals surface area (Å²) in [5, 5.41) is 4.38. The van der Waals surface area contributed by atoms with E-state index >= 15 is 0 Å². The number of hydrogen-bond donors (Lipinski definition) is 1. The molecule has 2 aromatic carbocycles. The van der Waals surface area contributed by atoms with Gasteiger partial charge in [-0.1, -0.05) is 12.1 Å². The number of methoxy groups -OCH3 is 1. The van der Waals surface area contributed by atoms with E-state index in [0.29, 0.717) is 34.6 Å². The van der Waals surface area contributed by atoms with Crippen LogP contribution in [0.5, 0.6) is 11.5 Å². The van der Waals surface area contributed by atoms with Gasteiger partial charge in [0.2, 0.25) is 0 Å². The molecule has 0 bridgehead atoms. The van der Waals surface area contributed by atoms with E-state index < -0.39 is 23.3 Å². The van der Waals surface area contributed by atoms with Crippen LogP contribution in [0.15, 0.2) is 57.2 Å². The molecular formula is C21H21N3O6. The Morgan fingerprint density at radius 3 is 2.70 bits per heavy atom. The molecule has 0 fully saturated rings. The van der Waals surface area contributed by atoms with Gasteiger partial charge in [0, 0.05) is 0 Å². The molecule has 0 saturated heterocycles. The minimum absolute atomic E-state index is 0.352. The predicted molar refractivity (Wildman–Crippen MR) is 112 cm³/mol. The molecule has 0 aliphatic rings. The largest absolute Gasteiger partial charge is 0.490 e. The molecule has 0 amide bonds. The van der Waals surface area contributed by atoms with Crippen LogP contribution in [-0.4, -0.2) is 41.7 Å². The molecule has 0 saturated carbocycles. The second kappa shape index (κ2) is 9.08. The Kier molecular flexibility index (Phi) is 6.31. The summed E-state index contributed by atoms with van der Waals surface area (Å²) in [5.41, 5.74) is -0.163. The van der Waals surface area contributed by atoms with Gasteiger partial charge in [0.15, 0.2) is 17.6 Å². The average molecular weight is 411 g/mol. The monoisotopic (exact) mass is 411 g/mol. The molecule has 0 aliphatic carbocycles.